The lowest BCUT2D eigenvalue weighted by Crippen LogP contribution is -2.11. The third-order valence-corrected chi connectivity index (χ3v) is 2.01. The molecule has 0 aromatic heterocycles. The molecule has 0 amide bonds. The molecule has 0 aliphatic heterocycles. The average Bonchev–Trinajstić information content (AvgIpc) is 2.27. The SMILES string of the molecule is CCOc1ccc(C(=O)OC)cc1C(F)(F)F. The molecule has 1 aromatic rings. The lowest BCUT2D eigenvalue weighted by Gasteiger charge is -2.13. The zero-order valence-corrected chi connectivity index (χ0v) is 9.30. The maximum absolute atomic E-state index is 12.7. The van der Waals surface area contributed by atoms with Crippen LogP contribution in [-0.2, 0) is 10.9 Å². The second-order valence-electron chi connectivity index (χ2n) is 3.13. The van der Waals surface area contributed by atoms with Crippen molar-refractivity contribution in [3.05, 3.63) is 29.3 Å². The quantitative estimate of drug-likeness (QED) is 0.771. The molecule has 0 saturated heterocycles. The first-order chi connectivity index (χ1) is 7.90. The van der Waals surface area contributed by atoms with Gasteiger partial charge in [-0.05, 0) is 25.1 Å². The Morgan fingerprint density at radius 1 is 1.35 bits per heavy atom. The van der Waals surface area contributed by atoms with Gasteiger partial charge in [0.15, 0.2) is 0 Å². The Kier molecular flexibility index (Phi) is 3.98. The number of methoxy groups -OCH3 is 1. The zero-order valence-electron chi connectivity index (χ0n) is 9.30. The molecule has 0 radical (unpaired) electrons. The topological polar surface area (TPSA) is 35.5 Å². The van der Waals surface area contributed by atoms with Crippen LogP contribution in [0, 0.1) is 0 Å². The maximum Gasteiger partial charge on any atom is 0.419 e. The predicted molar refractivity (Wildman–Crippen MR) is 54.0 cm³/mol. The van der Waals surface area contributed by atoms with Crippen LogP contribution in [0.3, 0.4) is 0 Å². The van der Waals surface area contributed by atoms with Gasteiger partial charge in [-0.3, -0.25) is 0 Å². The molecule has 0 aliphatic rings. The number of esters is 1. The zero-order chi connectivity index (χ0) is 13.1. The molecule has 0 bridgehead atoms. The molecule has 17 heavy (non-hydrogen) atoms. The summed E-state index contributed by atoms with van der Waals surface area (Å²) >= 11 is 0. The lowest BCUT2D eigenvalue weighted by atomic mass is 10.1. The standard InChI is InChI=1S/C11H11F3O3/c1-3-17-9-5-4-7(10(15)16-2)6-8(9)11(12,13)14/h4-6H,3H2,1-2H3. The largest absolute Gasteiger partial charge is 0.493 e. The van der Waals surface area contributed by atoms with E-state index in [1.54, 1.807) is 6.92 Å². The first kappa shape index (κ1) is 13.3. The van der Waals surface area contributed by atoms with Crippen molar-refractivity contribution in [2.75, 3.05) is 13.7 Å². The van der Waals surface area contributed by atoms with Gasteiger partial charge in [0.1, 0.15) is 5.75 Å². The molecule has 1 rings (SSSR count). The number of halogens is 3. The van der Waals surface area contributed by atoms with Crippen LogP contribution in [0.15, 0.2) is 18.2 Å². The fourth-order valence-corrected chi connectivity index (χ4v) is 1.28. The fraction of sp³-hybridized carbons (Fsp3) is 0.364. The van der Waals surface area contributed by atoms with E-state index in [-0.39, 0.29) is 17.9 Å². The van der Waals surface area contributed by atoms with E-state index in [4.69, 9.17) is 4.74 Å². The Bertz CT molecular complexity index is 413. The monoisotopic (exact) mass is 248 g/mol. The van der Waals surface area contributed by atoms with E-state index in [0.717, 1.165) is 19.2 Å². The summed E-state index contributed by atoms with van der Waals surface area (Å²) in [6, 6.07) is 3.06. The maximum atomic E-state index is 12.7. The summed E-state index contributed by atoms with van der Waals surface area (Å²) in [7, 11) is 1.10. The highest BCUT2D eigenvalue weighted by Gasteiger charge is 2.35. The minimum absolute atomic E-state index is 0.112. The van der Waals surface area contributed by atoms with E-state index >= 15 is 0 Å². The highest BCUT2D eigenvalue weighted by molar-refractivity contribution is 5.89. The van der Waals surface area contributed by atoms with E-state index in [1.165, 1.54) is 6.07 Å². The number of hydrogen-bond acceptors (Lipinski definition) is 3. The Labute approximate surface area is 96.1 Å². The third kappa shape index (κ3) is 3.12. The number of carbonyl (C=O) groups is 1. The van der Waals surface area contributed by atoms with Gasteiger partial charge in [0.2, 0.25) is 0 Å². The van der Waals surface area contributed by atoms with E-state index in [1.807, 2.05) is 0 Å². The molecule has 0 fully saturated rings. The second-order valence-corrected chi connectivity index (χ2v) is 3.13. The predicted octanol–water partition coefficient (Wildman–Crippen LogP) is 2.89. The molecule has 0 saturated carbocycles. The highest BCUT2D eigenvalue weighted by atomic mass is 19.4. The first-order valence-corrected chi connectivity index (χ1v) is 4.82. The fourth-order valence-electron chi connectivity index (χ4n) is 1.28. The van der Waals surface area contributed by atoms with E-state index in [9.17, 15) is 18.0 Å². The summed E-state index contributed by atoms with van der Waals surface area (Å²) in [5.41, 5.74) is -1.15. The Morgan fingerprint density at radius 3 is 2.47 bits per heavy atom. The number of hydrogen-bond donors (Lipinski definition) is 0. The van der Waals surface area contributed by atoms with Gasteiger partial charge in [-0.15, -0.1) is 0 Å². The molecule has 3 nitrogen and oxygen atoms in total. The van der Waals surface area contributed by atoms with Crippen molar-refractivity contribution >= 4 is 5.97 Å². The van der Waals surface area contributed by atoms with Gasteiger partial charge in [-0.25, -0.2) is 4.79 Å². The smallest absolute Gasteiger partial charge is 0.419 e. The molecule has 0 N–H and O–H groups in total. The summed E-state index contributed by atoms with van der Waals surface area (Å²) < 4.78 is 47.3. The van der Waals surface area contributed by atoms with Crippen LogP contribution >= 0.6 is 0 Å². The third-order valence-electron chi connectivity index (χ3n) is 2.01. The van der Waals surface area contributed by atoms with Crippen LogP contribution in [0.1, 0.15) is 22.8 Å². The van der Waals surface area contributed by atoms with Crippen LogP contribution in [0.4, 0.5) is 13.2 Å². The van der Waals surface area contributed by atoms with Crippen molar-refractivity contribution in [1.82, 2.24) is 0 Å². The van der Waals surface area contributed by atoms with Crippen molar-refractivity contribution in [3.63, 3.8) is 0 Å². The molecule has 0 spiro atoms. The summed E-state index contributed by atoms with van der Waals surface area (Å²) in [5, 5.41) is 0. The molecular weight excluding hydrogens is 237 g/mol. The molecular formula is C11H11F3O3. The number of rotatable bonds is 3. The van der Waals surface area contributed by atoms with Crippen LogP contribution in [0.5, 0.6) is 5.75 Å². The highest BCUT2D eigenvalue weighted by Crippen LogP contribution is 2.36. The first-order valence-electron chi connectivity index (χ1n) is 4.82. The summed E-state index contributed by atoms with van der Waals surface area (Å²) in [6.45, 7) is 1.69. The van der Waals surface area contributed by atoms with E-state index in [0.29, 0.717) is 0 Å². The second kappa shape index (κ2) is 5.07. The van der Waals surface area contributed by atoms with Crippen molar-refractivity contribution in [2.45, 2.75) is 13.1 Å². The Balaban J connectivity index is 3.24. The molecule has 1 aromatic carbocycles. The molecule has 94 valence electrons. The van der Waals surface area contributed by atoms with Crippen molar-refractivity contribution < 1.29 is 27.4 Å². The normalized spacial score (nSPS) is 11.1. The molecule has 0 atom stereocenters. The van der Waals surface area contributed by atoms with Gasteiger partial charge in [-0.2, -0.15) is 13.2 Å². The van der Waals surface area contributed by atoms with Gasteiger partial charge >= 0.3 is 12.1 Å². The van der Waals surface area contributed by atoms with Gasteiger partial charge in [-0.1, -0.05) is 0 Å². The number of alkyl halides is 3. The number of benzene rings is 1. The average molecular weight is 248 g/mol. The van der Waals surface area contributed by atoms with Gasteiger partial charge in [0.25, 0.3) is 0 Å². The lowest BCUT2D eigenvalue weighted by molar-refractivity contribution is -0.138. The Hall–Kier alpha value is -1.72. The van der Waals surface area contributed by atoms with E-state index < -0.39 is 17.7 Å². The molecule has 0 unspecified atom stereocenters. The Morgan fingerprint density at radius 2 is 2.00 bits per heavy atom. The minimum Gasteiger partial charge on any atom is -0.493 e. The number of carbonyl (C=O) groups excluding carboxylic acids is 1. The molecule has 0 heterocycles. The summed E-state index contributed by atoms with van der Waals surface area (Å²) in [4.78, 5) is 11.1. The van der Waals surface area contributed by atoms with Crippen LogP contribution in [0.25, 0.3) is 0 Å². The van der Waals surface area contributed by atoms with Crippen LogP contribution in [0.2, 0.25) is 0 Å². The minimum atomic E-state index is -4.57. The molecule has 0 aliphatic carbocycles. The molecule has 6 heteroatoms. The van der Waals surface area contributed by atoms with Gasteiger partial charge in [0, 0.05) is 0 Å². The van der Waals surface area contributed by atoms with Crippen LogP contribution < -0.4 is 4.74 Å². The van der Waals surface area contributed by atoms with E-state index in [2.05, 4.69) is 4.74 Å². The summed E-state index contributed by atoms with van der Waals surface area (Å²) in [5.74, 6) is -1.12. The van der Waals surface area contributed by atoms with Gasteiger partial charge in [0.05, 0.1) is 24.8 Å². The van der Waals surface area contributed by atoms with Crippen molar-refractivity contribution in [3.8, 4) is 5.75 Å². The van der Waals surface area contributed by atoms with Gasteiger partial charge < -0.3 is 9.47 Å². The summed E-state index contributed by atoms with van der Waals surface area (Å²) in [6.07, 6.45) is -4.57. The van der Waals surface area contributed by atoms with Crippen LogP contribution in [-0.4, -0.2) is 19.7 Å². The van der Waals surface area contributed by atoms with Crippen molar-refractivity contribution in [1.29, 1.82) is 0 Å². The number of ether oxygens (including phenoxy) is 2. The van der Waals surface area contributed by atoms with Crippen molar-refractivity contribution in [2.24, 2.45) is 0 Å².